The fourth-order valence-corrected chi connectivity index (χ4v) is 2.07. The molecule has 2 N–H and O–H groups in total. The van der Waals surface area contributed by atoms with Gasteiger partial charge in [0.15, 0.2) is 0 Å². The summed E-state index contributed by atoms with van der Waals surface area (Å²) in [5.41, 5.74) is 9.35. The van der Waals surface area contributed by atoms with E-state index in [1.807, 2.05) is 42.8 Å². The maximum absolute atomic E-state index is 5.75. The zero-order valence-electron chi connectivity index (χ0n) is 10.6. The van der Waals surface area contributed by atoms with Crippen LogP contribution in [-0.4, -0.2) is 21.9 Å². The van der Waals surface area contributed by atoms with Gasteiger partial charge in [0.05, 0.1) is 18.5 Å². The molecule has 4 nitrogen and oxygen atoms in total. The van der Waals surface area contributed by atoms with Gasteiger partial charge in [-0.25, -0.2) is 4.68 Å². The lowest BCUT2D eigenvalue weighted by Crippen LogP contribution is -2.14. The third kappa shape index (κ3) is 2.22. The van der Waals surface area contributed by atoms with Gasteiger partial charge in [0, 0.05) is 17.3 Å². The first-order valence-corrected chi connectivity index (χ1v) is 5.95. The molecule has 0 radical (unpaired) electrons. The quantitative estimate of drug-likeness (QED) is 0.860. The van der Waals surface area contributed by atoms with Gasteiger partial charge in [0.2, 0.25) is 0 Å². The fourth-order valence-electron chi connectivity index (χ4n) is 1.89. The molecule has 0 saturated carbocycles. The number of rotatable bonds is 3. The Morgan fingerprint density at radius 1 is 1.33 bits per heavy atom. The van der Waals surface area contributed by atoms with E-state index in [1.54, 1.807) is 7.11 Å². The van der Waals surface area contributed by atoms with Crippen molar-refractivity contribution in [2.75, 3.05) is 7.11 Å². The molecule has 1 heterocycles. The summed E-state index contributed by atoms with van der Waals surface area (Å²) in [4.78, 5) is 0.347. The molecule has 0 aliphatic carbocycles. The Hall–Kier alpha value is -1.88. The number of aryl methyl sites for hydroxylation is 2. The minimum absolute atomic E-state index is 0.347. The van der Waals surface area contributed by atoms with E-state index in [1.165, 1.54) is 0 Å². The van der Waals surface area contributed by atoms with E-state index in [0.29, 0.717) is 4.99 Å². The summed E-state index contributed by atoms with van der Waals surface area (Å²) >= 11 is 5.07. The van der Waals surface area contributed by atoms with E-state index in [4.69, 9.17) is 22.7 Å². The van der Waals surface area contributed by atoms with E-state index in [9.17, 15) is 0 Å². The minimum atomic E-state index is 0.347. The van der Waals surface area contributed by atoms with Crippen molar-refractivity contribution in [3.8, 4) is 11.4 Å². The second kappa shape index (κ2) is 4.78. The monoisotopic (exact) mass is 261 g/mol. The molecule has 2 rings (SSSR count). The van der Waals surface area contributed by atoms with Gasteiger partial charge < -0.3 is 10.5 Å². The third-order valence-corrected chi connectivity index (χ3v) is 2.93. The summed E-state index contributed by atoms with van der Waals surface area (Å²) in [5, 5.41) is 4.44. The lowest BCUT2D eigenvalue weighted by molar-refractivity contribution is 0.414. The van der Waals surface area contributed by atoms with Crippen LogP contribution in [0.15, 0.2) is 24.3 Å². The van der Waals surface area contributed by atoms with E-state index in [2.05, 4.69) is 5.10 Å². The number of methoxy groups -OCH3 is 1. The molecule has 18 heavy (non-hydrogen) atoms. The van der Waals surface area contributed by atoms with Crippen LogP contribution in [0.5, 0.6) is 5.75 Å². The van der Waals surface area contributed by atoms with Gasteiger partial charge in [0.25, 0.3) is 0 Å². The number of aromatic nitrogens is 2. The van der Waals surface area contributed by atoms with Gasteiger partial charge in [-0.15, -0.1) is 0 Å². The van der Waals surface area contributed by atoms with Crippen LogP contribution in [0.2, 0.25) is 0 Å². The predicted molar refractivity (Wildman–Crippen MR) is 75.5 cm³/mol. The van der Waals surface area contributed by atoms with Crippen LogP contribution in [0.4, 0.5) is 0 Å². The van der Waals surface area contributed by atoms with Crippen molar-refractivity contribution >= 4 is 17.2 Å². The minimum Gasteiger partial charge on any atom is -0.497 e. The molecule has 0 aliphatic rings. The molecular weight excluding hydrogens is 246 g/mol. The SMILES string of the molecule is COc1ccc(C(N)=S)c(-n2nc(C)cc2C)c1. The number of ether oxygens (including phenoxy) is 1. The summed E-state index contributed by atoms with van der Waals surface area (Å²) in [6, 6.07) is 7.58. The number of nitrogens with two attached hydrogens (primary N) is 1. The lowest BCUT2D eigenvalue weighted by atomic mass is 10.1. The highest BCUT2D eigenvalue weighted by molar-refractivity contribution is 7.80. The molecule has 0 aliphatic heterocycles. The molecule has 0 saturated heterocycles. The van der Waals surface area contributed by atoms with Crippen LogP contribution >= 0.6 is 12.2 Å². The molecule has 5 heteroatoms. The molecule has 0 amide bonds. The van der Waals surface area contributed by atoms with Crippen molar-refractivity contribution in [2.45, 2.75) is 13.8 Å². The number of hydrogen-bond acceptors (Lipinski definition) is 3. The molecule has 0 atom stereocenters. The number of thiocarbonyl (C=S) groups is 1. The molecule has 1 aromatic heterocycles. The molecule has 0 fully saturated rings. The number of nitrogens with zero attached hydrogens (tertiary/aromatic N) is 2. The van der Waals surface area contributed by atoms with Crippen molar-refractivity contribution in [3.63, 3.8) is 0 Å². The average Bonchev–Trinajstić information content (AvgIpc) is 2.67. The van der Waals surface area contributed by atoms with E-state index >= 15 is 0 Å². The maximum atomic E-state index is 5.75. The van der Waals surface area contributed by atoms with Crippen molar-refractivity contribution in [2.24, 2.45) is 5.73 Å². The first-order valence-electron chi connectivity index (χ1n) is 5.54. The second-order valence-corrected chi connectivity index (χ2v) is 4.53. The largest absolute Gasteiger partial charge is 0.497 e. The molecule has 94 valence electrons. The molecule has 0 unspecified atom stereocenters. The summed E-state index contributed by atoms with van der Waals surface area (Å²) in [6.07, 6.45) is 0. The van der Waals surface area contributed by atoms with E-state index in [0.717, 1.165) is 28.4 Å². The smallest absolute Gasteiger partial charge is 0.121 e. The molecule has 0 spiro atoms. The van der Waals surface area contributed by atoms with Crippen LogP contribution in [0.3, 0.4) is 0 Å². The molecule has 2 aromatic rings. The zero-order valence-corrected chi connectivity index (χ0v) is 11.4. The van der Waals surface area contributed by atoms with Crippen LogP contribution in [0.25, 0.3) is 5.69 Å². The Balaban J connectivity index is 2.67. The van der Waals surface area contributed by atoms with E-state index in [-0.39, 0.29) is 0 Å². The highest BCUT2D eigenvalue weighted by atomic mass is 32.1. The molecule has 1 aromatic carbocycles. The van der Waals surface area contributed by atoms with Gasteiger partial charge >= 0.3 is 0 Å². The van der Waals surface area contributed by atoms with Crippen LogP contribution in [0.1, 0.15) is 17.0 Å². The highest BCUT2D eigenvalue weighted by Gasteiger charge is 2.12. The normalized spacial score (nSPS) is 10.4. The van der Waals surface area contributed by atoms with Gasteiger partial charge in [-0.05, 0) is 32.0 Å². The van der Waals surface area contributed by atoms with Gasteiger partial charge in [-0.3, -0.25) is 0 Å². The summed E-state index contributed by atoms with van der Waals surface area (Å²) in [7, 11) is 1.63. The van der Waals surface area contributed by atoms with Gasteiger partial charge in [-0.1, -0.05) is 12.2 Å². The van der Waals surface area contributed by atoms with Crippen LogP contribution in [0, 0.1) is 13.8 Å². The Bertz CT molecular complexity index is 604. The fraction of sp³-hybridized carbons (Fsp3) is 0.231. The Kier molecular flexibility index (Phi) is 3.34. The Morgan fingerprint density at radius 2 is 2.06 bits per heavy atom. The third-order valence-electron chi connectivity index (χ3n) is 2.71. The molecular formula is C13H15N3OS. The number of benzene rings is 1. The first kappa shape index (κ1) is 12.6. The Morgan fingerprint density at radius 3 is 2.56 bits per heavy atom. The van der Waals surface area contributed by atoms with Crippen LogP contribution < -0.4 is 10.5 Å². The standard InChI is InChI=1S/C13H15N3OS/c1-8-6-9(2)16(15-8)12-7-10(17-3)4-5-11(12)13(14)18/h4-7H,1-3H3,(H2,14,18). The lowest BCUT2D eigenvalue weighted by Gasteiger charge is -2.12. The molecule has 0 bridgehead atoms. The predicted octanol–water partition coefficient (Wildman–Crippen LogP) is 2.13. The van der Waals surface area contributed by atoms with Crippen molar-refractivity contribution in [1.82, 2.24) is 9.78 Å². The van der Waals surface area contributed by atoms with Gasteiger partial charge in [-0.2, -0.15) is 5.10 Å². The average molecular weight is 261 g/mol. The number of hydrogen-bond donors (Lipinski definition) is 1. The summed E-state index contributed by atoms with van der Waals surface area (Å²) in [6.45, 7) is 3.94. The Labute approximate surface area is 111 Å². The summed E-state index contributed by atoms with van der Waals surface area (Å²) < 4.78 is 7.06. The second-order valence-electron chi connectivity index (χ2n) is 4.09. The highest BCUT2D eigenvalue weighted by Crippen LogP contribution is 2.22. The van der Waals surface area contributed by atoms with Crippen molar-refractivity contribution in [1.29, 1.82) is 0 Å². The maximum Gasteiger partial charge on any atom is 0.121 e. The summed E-state index contributed by atoms with van der Waals surface area (Å²) in [5.74, 6) is 0.748. The van der Waals surface area contributed by atoms with Gasteiger partial charge in [0.1, 0.15) is 10.7 Å². The zero-order chi connectivity index (χ0) is 13.3. The topological polar surface area (TPSA) is 53.1 Å². The first-order chi connectivity index (χ1) is 8.52. The van der Waals surface area contributed by atoms with E-state index < -0.39 is 0 Å². The van der Waals surface area contributed by atoms with Crippen molar-refractivity contribution in [3.05, 3.63) is 41.2 Å². The van der Waals surface area contributed by atoms with Crippen molar-refractivity contribution < 1.29 is 4.74 Å². The van der Waals surface area contributed by atoms with Crippen LogP contribution in [-0.2, 0) is 0 Å².